The molecule has 7 atom stereocenters. The van der Waals surface area contributed by atoms with Crippen LogP contribution in [0.25, 0.3) is 0 Å². The highest BCUT2D eigenvalue weighted by molar-refractivity contribution is 5.72. The number of carbonyl (C=O) groups is 2. The van der Waals surface area contributed by atoms with E-state index in [9.17, 15) is 9.90 Å². The number of aldehydes is 1. The Balaban J connectivity index is 0.000000734. The molecular formula is C36H64O6. The molecule has 0 spiro atoms. The number of hydrogen-bond donors (Lipinski definition) is 2. The van der Waals surface area contributed by atoms with Crippen molar-refractivity contribution >= 4 is 13.1 Å². The number of rotatable bonds is 7. The summed E-state index contributed by atoms with van der Waals surface area (Å²) >= 11 is 0. The molecule has 6 nitrogen and oxygen atoms in total. The molecular weight excluding hydrogens is 528 g/mol. The van der Waals surface area contributed by atoms with Gasteiger partial charge in [-0.05, 0) is 99.2 Å². The first kappa shape index (κ1) is 40.3. The predicted molar refractivity (Wildman–Crippen MR) is 173 cm³/mol. The van der Waals surface area contributed by atoms with Gasteiger partial charge in [-0.25, -0.2) is 0 Å². The smallest absolute Gasteiger partial charge is 0.153 e. The van der Waals surface area contributed by atoms with Gasteiger partial charge in [-0.15, -0.1) is 0 Å². The van der Waals surface area contributed by atoms with Crippen LogP contribution in [-0.2, 0) is 19.1 Å². The average molecular weight is 593 g/mol. The third kappa shape index (κ3) is 9.14. The summed E-state index contributed by atoms with van der Waals surface area (Å²) < 4.78 is 10.9. The van der Waals surface area contributed by atoms with Gasteiger partial charge >= 0.3 is 0 Å². The third-order valence-corrected chi connectivity index (χ3v) is 10.7. The summed E-state index contributed by atoms with van der Waals surface area (Å²) in [6.45, 7) is 17.1. The van der Waals surface area contributed by atoms with Crippen LogP contribution in [0.3, 0.4) is 0 Å². The number of hydrogen-bond acceptors (Lipinski definition) is 6. The van der Waals surface area contributed by atoms with E-state index >= 15 is 0 Å². The number of aliphatic hydroxyl groups excluding tert-OH is 2. The number of carbonyl (C=O) groups excluding carboxylic acids is 2. The van der Waals surface area contributed by atoms with Gasteiger partial charge in [0.25, 0.3) is 0 Å². The fourth-order valence-electron chi connectivity index (χ4n) is 8.14. The predicted octanol–water partition coefficient (Wildman–Crippen LogP) is 7.86. The van der Waals surface area contributed by atoms with Gasteiger partial charge in [0, 0.05) is 25.7 Å². The van der Waals surface area contributed by atoms with Gasteiger partial charge in [0.1, 0.15) is 12.5 Å². The van der Waals surface area contributed by atoms with E-state index in [1.807, 2.05) is 34.7 Å². The van der Waals surface area contributed by atoms with Crippen molar-refractivity contribution in [2.45, 2.75) is 131 Å². The van der Waals surface area contributed by atoms with E-state index in [0.29, 0.717) is 29.4 Å². The summed E-state index contributed by atoms with van der Waals surface area (Å²) in [4.78, 5) is 18.6. The second kappa shape index (κ2) is 20.3. The molecule has 0 bridgehead atoms. The highest BCUT2D eigenvalue weighted by Crippen LogP contribution is 2.64. The zero-order valence-electron chi connectivity index (χ0n) is 28.6. The maximum Gasteiger partial charge on any atom is 0.153 e. The normalized spacial score (nSPS) is 31.9. The standard InChI is InChI=1S/C20H32O2.C12H20O2.C2H6.CH4O.CH2O/c1-19-10-8-14(22-3)12-13(19)4-5-15-16-6-7-18(21)20(16,2)11-9-17(15)19;1-5-10(9-13)8-12(14-4)11(6-2)7-3;3*1-2/h4,14-18,21H,5-12H2,1-3H3;9,11H,5-7H2,1-4H3;1-2H3;2H,1H3;1H2. The van der Waals surface area contributed by atoms with Crippen LogP contribution in [0.4, 0.5) is 0 Å². The lowest BCUT2D eigenvalue weighted by molar-refractivity contribution is -0.105. The number of allylic oxidation sites excluding steroid dienone is 2. The molecule has 0 aromatic rings. The van der Waals surface area contributed by atoms with Crippen LogP contribution in [0, 0.1) is 34.5 Å². The topological polar surface area (TPSA) is 93.1 Å². The lowest BCUT2D eigenvalue weighted by atomic mass is 9.48. The Kier molecular flexibility index (Phi) is 19.4. The van der Waals surface area contributed by atoms with Crippen LogP contribution in [0.1, 0.15) is 119 Å². The van der Waals surface area contributed by atoms with Gasteiger partial charge in [-0.1, -0.05) is 65.8 Å². The quantitative estimate of drug-likeness (QED) is 0.103. The molecule has 0 radical (unpaired) electrons. The SMILES string of the molecule is C=O.CC.CCC(=C=C(OC)C(CC)CC)C=O.CO.COC1CCC2(C)C(=CCC3C2CCC2(C)C(O)CCC32)C1. The molecule has 0 aliphatic heterocycles. The van der Waals surface area contributed by atoms with E-state index in [2.05, 4.69) is 39.5 Å². The summed E-state index contributed by atoms with van der Waals surface area (Å²) in [5.41, 5.74) is 6.02. The lowest BCUT2D eigenvalue weighted by Gasteiger charge is -2.57. The van der Waals surface area contributed by atoms with Gasteiger partial charge in [0.2, 0.25) is 0 Å². The fourth-order valence-corrected chi connectivity index (χ4v) is 8.14. The minimum Gasteiger partial charge on any atom is -0.493 e. The number of ether oxygens (including phenoxy) is 2. The Morgan fingerprint density at radius 2 is 1.67 bits per heavy atom. The molecule has 42 heavy (non-hydrogen) atoms. The molecule has 3 saturated carbocycles. The van der Waals surface area contributed by atoms with E-state index in [1.165, 1.54) is 38.5 Å². The van der Waals surface area contributed by atoms with Crippen molar-refractivity contribution in [3.63, 3.8) is 0 Å². The lowest BCUT2D eigenvalue weighted by Crippen LogP contribution is -2.51. The summed E-state index contributed by atoms with van der Waals surface area (Å²) in [6, 6.07) is 0. The van der Waals surface area contributed by atoms with Gasteiger partial charge < -0.3 is 24.5 Å². The molecule has 0 aromatic carbocycles. The zero-order chi connectivity index (χ0) is 32.5. The van der Waals surface area contributed by atoms with Crippen LogP contribution in [0.5, 0.6) is 0 Å². The highest BCUT2D eigenvalue weighted by atomic mass is 16.5. The van der Waals surface area contributed by atoms with Crippen molar-refractivity contribution in [3.05, 3.63) is 28.7 Å². The van der Waals surface area contributed by atoms with Crippen molar-refractivity contribution in [1.82, 2.24) is 0 Å². The molecule has 4 rings (SSSR count). The van der Waals surface area contributed by atoms with Crippen molar-refractivity contribution in [2.75, 3.05) is 21.3 Å². The molecule has 4 aliphatic carbocycles. The Hall–Kier alpha value is -1.72. The minimum atomic E-state index is -0.0548. The second-order valence-corrected chi connectivity index (χ2v) is 12.2. The van der Waals surface area contributed by atoms with Gasteiger partial charge in [0.15, 0.2) is 6.29 Å². The number of fused-ring (bicyclic) bond motifs is 5. The first-order valence-electron chi connectivity index (χ1n) is 16.3. The summed E-state index contributed by atoms with van der Waals surface area (Å²) in [5, 5.41) is 17.5. The summed E-state index contributed by atoms with van der Waals surface area (Å²) in [7, 11) is 4.50. The van der Waals surface area contributed by atoms with Crippen LogP contribution >= 0.6 is 0 Å². The molecule has 2 N–H and O–H groups in total. The first-order valence-corrected chi connectivity index (χ1v) is 16.3. The van der Waals surface area contributed by atoms with Gasteiger partial charge in [0.05, 0.1) is 19.3 Å². The van der Waals surface area contributed by atoms with Crippen LogP contribution < -0.4 is 0 Å². The highest BCUT2D eigenvalue weighted by Gasteiger charge is 2.58. The van der Waals surface area contributed by atoms with Crippen molar-refractivity contribution in [1.29, 1.82) is 0 Å². The Morgan fingerprint density at radius 1 is 1.05 bits per heavy atom. The molecule has 7 unspecified atom stereocenters. The first-order chi connectivity index (χ1) is 20.2. The van der Waals surface area contributed by atoms with Crippen LogP contribution in [-0.4, -0.2) is 56.8 Å². The molecule has 244 valence electrons. The van der Waals surface area contributed by atoms with E-state index in [-0.39, 0.29) is 11.5 Å². The van der Waals surface area contributed by atoms with E-state index in [0.717, 1.165) is 62.6 Å². The minimum absolute atomic E-state index is 0.0548. The van der Waals surface area contributed by atoms with E-state index in [4.69, 9.17) is 19.4 Å². The monoisotopic (exact) mass is 592 g/mol. The molecule has 6 heteroatoms. The fraction of sp³-hybridized carbons (Fsp3) is 0.806. The van der Waals surface area contributed by atoms with Crippen molar-refractivity contribution in [2.24, 2.45) is 34.5 Å². The Labute approximate surface area is 258 Å². The number of methoxy groups -OCH3 is 2. The zero-order valence-corrected chi connectivity index (χ0v) is 28.6. The van der Waals surface area contributed by atoms with Gasteiger partial charge in [-0.2, -0.15) is 0 Å². The molecule has 3 fully saturated rings. The van der Waals surface area contributed by atoms with Crippen molar-refractivity contribution < 1.29 is 29.3 Å². The maximum absolute atomic E-state index is 10.6. The average Bonchev–Trinajstić information content (AvgIpc) is 3.36. The molecule has 0 saturated heterocycles. The molecule has 0 heterocycles. The van der Waals surface area contributed by atoms with Crippen molar-refractivity contribution in [3.8, 4) is 0 Å². The summed E-state index contributed by atoms with van der Waals surface area (Å²) in [5.74, 6) is 3.58. The maximum atomic E-state index is 10.6. The van der Waals surface area contributed by atoms with E-state index < -0.39 is 0 Å². The molecule has 0 amide bonds. The second-order valence-electron chi connectivity index (χ2n) is 12.2. The van der Waals surface area contributed by atoms with E-state index in [1.54, 1.807) is 12.7 Å². The largest absolute Gasteiger partial charge is 0.493 e. The van der Waals surface area contributed by atoms with Gasteiger partial charge in [-0.3, -0.25) is 4.79 Å². The van der Waals surface area contributed by atoms with Crippen LogP contribution in [0.15, 0.2) is 28.7 Å². The third-order valence-electron chi connectivity index (χ3n) is 10.7. The molecule has 0 aromatic heterocycles. The Bertz CT molecular complexity index is 870. The van der Waals surface area contributed by atoms with Crippen LogP contribution in [0.2, 0.25) is 0 Å². The Morgan fingerprint density at radius 3 is 2.17 bits per heavy atom. The number of aliphatic hydroxyl groups is 2. The summed E-state index contributed by atoms with van der Waals surface area (Å²) in [6.07, 6.45) is 16.3. The molecule has 4 aliphatic rings.